The Labute approximate surface area is 234 Å². The molecule has 1 amide bonds. The number of hydrogen-bond acceptors (Lipinski definition) is 10. The number of nitrogens with zero attached hydrogens (tertiary/aromatic N) is 6. The molecule has 2 heterocycles. The molecule has 206 valence electrons. The van der Waals surface area contributed by atoms with Gasteiger partial charge in [0.2, 0.25) is 5.91 Å². The molecule has 1 saturated heterocycles. The molecular weight excluding hydrogens is 538 g/mol. The second-order valence-corrected chi connectivity index (χ2v) is 9.13. The lowest BCUT2D eigenvalue weighted by Crippen LogP contribution is -2.52. The zero-order chi connectivity index (χ0) is 27.9. The Morgan fingerprint density at radius 2 is 1.82 bits per heavy atom. The monoisotopic (exact) mass is 563 g/mol. The van der Waals surface area contributed by atoms with Gasteiger partial charge in [-0.1, -0.05) is 41.9 Å². The number of carbonyl (C=O) groups excluding carboxylic acids is 2. The third kappa shape index (κ3) is 6.43. The van der Waals surface area contributed by atoms with E-state index in [4.69, 9.17) is 26.0 Å². The smallest absolute Gasteiger partial charge is 0.338 e. The van der Waals surface area contributed by atoms with Crippen molar-refractivity contribution in [2.24, 2.45) is 0 Å². The van der Waals surface area contributed by atoms with Crippen molar-refractivity contribution in [3.05, 3.63) is 95.3 Å². The predicted octanol–water partition coefficient (Wildman–Crippen LogP) is 3.64. The highest BCUT2D eigenvalue weighted by atomic mass is 35.5. The number of hydroxylamine groups is 3. The van der Waals surface area contributed by atoms with Crippen molar-refractivity contribution in [3.8, 4) is 5.69 Å². The van der Waals surface area contributed by atoms with E-state index in [1.165, 1.54) is 21.1 Å². The van der Waals surface area contributed by atoms with Gasteiger partial charge in [0.25, 0.3) is 0 Å². The van der Waals surface area contributed by atoms with E-state index in [-0.39, 0.29) is 26.0 Å². The summed E-state index contributed by atoms with van der Waals surface area (Å²) < 4.78 is 6.51. The van der Waals surface area contributed by atoms with Gasteiger partial charge in [-0.05, 0) is 71.8 Å². The molecule has 1 N–H and O–H groups in total. The lowest BCUT2D eigenvalue weighted by molar-refractivity contribution is -0.279. The predicted molar refractivity (Wildman–Crippen MR) is 145 cm³/mol. The van der Waals surface area contributed by atoms with Gasteiger partial charge in [0, 0.05) is 10.7 Å². The van der Waals surface area contributed by atoms with Gasteiger partial charge in [0.1, 0.15) is 12.4 Å². The number of halogens is 1. The van der Waals surface area contributed by atoms with Crippen molar-refractivity contribution in [1.29, 1.82) is 0 Å². The first kappa shape index (κ1) is 27.2. The average Bonchev–Trinajstić information content (AvgIpc) is 3.52. The molecule has 1 atom stereocenters. The Balaban J connectivity index is 1.31. The van der Waals surface area contributed by atoms with Gasteiger partial charge in [-0.15, -0.1) is 10.2 Å². The maximum atomic E-state index is 13.5. The van der Waals surface area contributed by atoms with Gasteiger partial charge in [-0.2, -0.15) is 4.68 Å². The topological polar surface area (TPSA) is 124 Å². The largest absolute Gasteiger partial charge is 0.462 e. The molecule has 1 aliphatic heterocycles. The van der Waals surface area contributed by atoms with Crippen LogP contribution in [0, 0.1) is 0 Å². The fourth-order valence-electron chi connectivity index (χ4n) is 4.10. The number of amides is 1. The Hall–Kier alpha value is -4.36. The number of tetrazole rings is 1. The number of rotatable bonds is 9. The number of ether oxygens (including phenoxy) is 1. The van der Waals surface area contributed by atoms with Crippen LogP contribution in [0.3, 0.4) is 0 Å². The Morgan fingerprint density at radius 1 is 1.02 bits per heavy atom. The fourth-order valence-corrected chi connectivity index (χ4v) is 4.27. The summed E-state index contributed by atoms with van der Waals surface area (Å²) in [5.74, 6) is -0.726. The van der Waals surface area contributed by atoms with E-state index in [2.05, 4.69) is 20.8 Å². The van der Waals surface area contributed by atoms with Gasteiger partial charge in [0.15, 0.2) is 13.5 Å². The van der Waals surface area contributed by atoms with Crippen molar-refractivity contribution in [3.63, 3.8) is 0 Å². The van der Waals surface area contributed by atoms with E-state index in [0.717, 1.165) is 5.56 Å². The van der Waals surface area contributed by atoms with Crippen molar-refractivity contribution in [1.82, 2.24) is 25.3 Å². The zero-order valence-corrected chi connectivity index (χ0v) is 22.3. The summed E-state index contributed by atoms with van der Waals surface area (Å²) in [7, 11) is 0. The third-order valence-corrected chi connectivity index (χ3v) is 6.30. The summed E-state index contributed by atoms with van der Waals surface area (Å²) in [6, 6.07) is 20.6. The quantitative estimate of drug-likeness (QED) is 0.302. The second-order valence-electron chi connectivity index (χ2n) is 8.69. The van der Waals surface area contributed by atoms with Crippen LogP contribution >= 0.6 is 11.6 Å². The highest BCUT2D eigenvalue weighted by molar-refractivity contribution is 6.31. The molecule has 0 aliphatic carbocycles. The molecule has 5 rings (SSSR count). The molecule has 13 heteroatoms. The van der Waals surface area contributed by atoms with E-state index in [1.807, 2.05) is 30.3 Å². The zero-order valence-electron chi connectivity index (χ0n) is 21.5. The lowest BCUT2D eigenvalue weighted by atomic mass is 10.0. The Bertz CT molecular complexity index is 1430. The highest BCUT2D eigenvalue weighted by Crippen LogP contribution is 2.30. The van der Waals surface area contributed by atoms with Crippen molar-refractivity contribution >= 4 is 34.9 Å². The maximum absolute atomic E-state index is 13.5. The summed E-state index contributed by atoms with van der Waals surface area (Å²) in [6.07, 6.45) is 1.83. The van der Waals surface area contributed by atoms with Crippen LogP contribution in [0.4, 0.5) is 11.4 Å². The first-order valence-corrected chi connectivity index (χ1v) is 12.8. The first-order chi connectivity index (χ1) is 19.5. The van der Waals surface area contributed by atoms with Gasteiger partial charge >= 0.3 is 5.97 Å². The molecule has 1 aliphatic rings. The summed E-state index contributed by atoms with van der Waals surface area (Å²) >= 11 is 6.26. The molecule has 3 aromatic carbocycles. The number of esters is 1. The minimum Gasteiger partial charge on any atom is -0.462 e. The fraction of sp³-hybridized carbons (Fsp3) is 0.222. The normalized spacial score (nSPS) is 14.5. The molecule has 0 radical (unpaired) electrons. The van der Waals surface area contributed by atoms with E-state index >= 15 is 0 Å². The molecule has 1 fully saturated rings. The van der Waals surface area contributed by atoms with Crippen LogP contribution < -0.4 is 10.4 Å². The molecule has 12 nitrogen and oxygen atoms in total. The van der Waals surface area contributed by atoms with E-state index in [1.54, 1.807) is 49.4 Å². The molecule has 0 bridgehead atoms. The number of benzene rings is 3. The van der Waals surface area contributed by atoms with Crippen LogP contribution in [0.5, 0.6) is 0 Å². The Morgan fingerprint density at radius 3 is 2.50 bits per heavy atom. The summed E-state index contributed by atoms with van der Waals surface area (Å²) in [6.45, 7) is 1.95. The van der Waals surface area contributed by atoms with E-state index in [0.29, 0.717) is 34.1 Å². The molecule has 4 aromatic rings. The minimum atomic E-state index is -0.729. The molecule has 1 aromatic heterocycles. The summed E-state index contributed by atoms with van der Waals surface area (Å²) in [5.41, 5.74) is 3.10. The van der Waals surface area contributed by atoms with Gasteiger partial charge in [-0.25, -0.2) is 9.86 Å². The second kappa shape index (κ2) is 12.7. The molecule has 1 unspecified atom stereocenters. The van der Waals surface area contributed by atoms with Gasteiger partial charge < -0.3 is 10.1 Å². The van der Waals surface area contributed by atoms with Crippen LogP contribution in [0.2, 0.25) is 5.02 Å². The van der Waals surface area contributed by atoms with Crippen LogP contribution in [-0.2, 0) is 25.6 Å². The lowest BCUT2D eigenvalue weighted by Gasteiger charge is -2.38. The van der Waals surface area contributed by atoms with Crippen LogP contribution in [0.15, 0.2) is 79.1 Å². The number of nitrogens with one attached hydrogen (secondary N) is 1. The third-order valence-electron chi connectivity index (χ3n) is 6.07. The number of carbonyl (C=O) groups is 2. The number of anilines is 2. The molecule has 0 saturated carbocycles. The minimum absolute atomic E-state index is 0.0255. The number of hydrogen-bond donors (Lipinski definition) is 1. The van der Waals surface area contributed by atoms with Crippen LogP contribution in [-0.4, -0.2) is 63.3 Å². The number of aromatic nitrogens is 4. The highest BCUT2D eigenvalue weighted by Gasteiger charge is 2.32. The van der Waals surface area contributed by atoms with E-state index < -0.39 is 12.0 Å². The SMILES string of the molecule is CCOC(=O)c1ccc(NC(=O)C(Cc2ccccc2)N2CON(c3cc(Cl)ccc3-n3cnnn3)CO2)cc1. The van der Waals surface area contributed by atoms with Crippen LogP contribution in [0.25, 0.3) is 5.69 Å². The van der Waals surface area contributed by atoms with Crippen LogP contribution in [0.1, 0.15) is 22.8 Å². The first-order valence-electron chi connectivity index (χ1n) is 12.5. The molecule has 0 spiro atoms. The van der Waals surface area contributed by atoms with Crippen molar-refractivity contribution in [2.75, 3.05) is 30.4 Å². The Kier molecular flexibility index (Phi) is 8.62. The van der Waals surface area contributed by atoms with Crippen molar-refractivity contribution < 1.29 is 24.0 Å². The molecule has 40 heavy (non-hydrogen) atoms. The summed E-state index contributed by atoms with van der Waals surface area (Å²) in [4.78, 5) is 37.5. The maximum Gasteiger partial charge on any atom is 0.338 e. The van der Waals surface area contributed by atoms with Gasteiger partial charge in [-0.3, -0.25) is 14.5 Å². The molecular formula is C27H26ClN7O5. The average molecular weight is 564 g/mol. The summed E-state index contributed by atoms with van der Waals surface area (Å²) in [5, 5.41) is 17.7. The standard InChI is InChI=1S/C27H26ClN7O5/c1-2-38-27(37)20-8-11-22(12-9-20)30-26(36)25(14-19-6-4-3-5-7-19)35-18-39-34(17-40-35)24-15-21(28)10-13-23(24)33-16-29-31-32-33/h3-13,15-16,25H,2,14,17-18H2,1H3,(H,30,36). The van der Waals surface area contributed by atoms with E-state index in [9.17, 15) is 9.59 Å². The van der Waals surface area contributed by atoms with Crippen molar-refractivity contribution in [2.45, 2.75) is 19.4 Å². The van der Waals surface area contributed by atoms with Gasteiger partial charge in [0.05, 0.1) is 23.5 Å².